The number of pyridine rings is 1. The van der Waals surface area contributed by atoms with E-state index in [1.165, 1.54) is 6.20 Å². The molecule has 0 saturated carbocycles. The van der Waals surface area contributed by atoms with E-state index in [1.54, 1.807) is 41.4 Å². The van der Waals surface area contributed by atoms with Crippen molar-refractivity contribution in [1.82, 2.24) is 9.88 Å². The predicted molar refractivity (Wildman–Crippen MR) is 93.2 cm³/mol. The molecule has 2 amide bonds. The summed E-state index contributed by atoms with van der Waals surface area (Å²) in [7, 11) is 0. The highest BCUT2D eigenvalue weighted by molar-refractivity contribution is 6.04. The van der Waals surface area contributed by atoms with Gasteiger partial charge in [-0.15, -0.1) is 0 Å². The Labute approximate surface area is 145 Å². The van der Waals surface area contributed by atoms with Crippen LogP contribution in [0.2, 0.25) is 0 Å². The van der Waals surface area contributed by atoms with Gasteiger partial charge in [-0.05, 0) is 24.3 Å². The van der Waals surface area contributed by atoms with Crippen LogP contribution >= 0.6 is 0 Å². The summed E-state index contributed by atoms with van der Waals surface area (Å²) in [5, 5.41) is 11.7. The van der Waals surface area contributed by atoms with Crippen molar-refractivity contribution >= 4 is 23.7 Å². The van der Waals surface area contributed by atoms with E-state index in [0.717, 1.165) is 12.1 Å². The van der Waals surface area contributed by atoms with Crippen LogP contribution in [0.1, 0.15) is 15.9 Å². The SMILES string of the molecule is N#Cc1cccc(NC(=O)c2cncc(N3CCN(C=O)CC3)c2)c1. The van der Waals surface area contributed by atoms with Gasteiger partial charge in [-0.1, -0.05) is 6.07 Å². The van der Waals surface area contributed by atoms with Gasteiger partial charge in [-0.3, -0.25) is 14.6 Å². The van der Waals surface area contributed by atoms with Crippen molar-refractivity contribution in [2.75, 3.05) is 36.4 Å². The molecule has 0 bridgehead atoms. The van der Waals surface area contributed by atoms with Gasteiger partial charge < -0.3 is 15.1 Å². The fourth-order valence-electron chi connectivity index (χ4n) is 2.68. The van der Waals surface area contributed by atoms with Crippen LogP contribution in [0.25, 0.3) is 0 Å². The second kappa shape index (κ2) is 7.45. The zero-order chi connectivity index (χ0) is 17.6. The largest absolute Gasteiger partial charge is 0.367 e. The first-order valence-corrected chi connectivity index (χ1v) is 7.90. The maximum Gasteiger partial charge on any atom is 0.257 e. The second-order valence-corrected chi connectivity index (χ2v) is 5.71. The Bertz CT molecular complexity index is 822. The summed E-state index contributed by atoms with van der Waals surface area (Å²) in [5.74, 6) is -0.282. The first-order valence-electron chi connectivity index (χ1n) is 7.90. The Hall–Kier alpha value is -3.40. The lowest BCUT2D eigenvalue weighted by Crippen LogP contribution is -2.45. The van der Waals surface area contributed by atoms with Crippen molar-refractivity contribution in [3.8, 4) is 6.07 Å². The minimum Gasteiger partial charge on any atom is -0.367 e. The van der Waals surface area contributed by atoms with E-state index >= 15 is 0 Å². The van der Waals surface area contributed by atoms with E-state index in [1.807, 2.05) is 6.07 Å². The average Bonchev–Trinajstić information content (AvgIpc) is 2.68. The zero-order valence-corrected chi connectivity index (χ0v) is 13.6. The number of rotatable bonds is 4. The number of nitriles is 1. The fourth-order valence-corrected chi connectivity index (χ4v) is 2.68. The molecule has 0 atom stereocenters. The van der Waals surface area contributed by atoms with Crippen LogP contribution in [0, 0.1) is 11.3 Å². The molecule has 1 saturated heterocycles. The van der Waals surface area contributed by atoms with Crippen LogP contribution in [-0.4, -0.2) is 48.4 Å². The third kappa shape index (κ3) is 3.93. The minimum absolute atomic E-state index is 0.282. The maximum absolute atomic E-state index is 12.4. The number of carbonyl (C=O) groups excluding carboxylic acids is 2. The molecule has 1 N–H and O–H groups in total. The molecule has 1 fully saturated rings. The number of carbonyl (C=O) groups is 2. The summed E-state index contributed by atoms with van der Waals surface area (Å²) < 4.78 is 0. The number of nitrogens with one attached hydrogen (secondary N) is 1. The van der Waals surface area contributed by atoms with E-state index < -0.39 is 0 Å². The maximum atomic E-state index is 12.4. The van der Waals surface area contributed by atoms with E-state index in [0.29, 0.717) is 43.0 Å². The van der Waals surface area contributed by atoms with Crippen molar-refractivity contribution in [3.05, 3.63) is 53.9 Å². The van der Waals surface area contributed by atoms with Crippen LogP contribution < -0.4 is 10.2 Å². The lowest BCUT2D eigenvalue weighted by Gasteiger charge is -2.34. The summed E-state index contributed by atoms with van der Waals surface area (Å²) in [6.07, 6.45) is 4.08. The highest BCUT2D eigenvalue weighted by Crippen LogP contribution is 2.18. The zero-order valence-electron chi connectivity index (χ0n) is 13.6. The Morgan fingerprint density at radius 3 is 2.72 bits per heavy atom. The molecule has 0 spiro atoms. The van der Waals surface area contributed by atoms with Gasteiger partial charge in [0, 0.05) is 38.1 Å². The molecule has 25 heavy (non-hydrogen) atoms. The molecule has 1 aromatic heterocycles. The molecule has 1 aliphatic rings. The van der Waals surface area contributed by atoms with Crippen LogP contribution in [0.15, 0.2) is 42.7 Å². The number of hydrogen-bond acceptors (Lipinski definition) is 5. The molecule has 0 aliphatic carbocycles. The average molecular weight is 335 g/mol. The molecule has 1 aromatic carbocycles. The number of benzene rings is 1. The third-order valence-corrected chi connectivity index (χ3v) is 4.06. The molecule has 0 radical (unpaired) electrons. The number of nitrogens with zero attached hydrogens (tertiary/aromatic N) is 4. The van der Waals surface area contributed by atoms with Crippen molar-refractivity contribution in [2.45, 2.75) is 0 Å². The van der Waals surface area contributed by atoms with Gasteiger partial charge >= 0.3 is 0 Å². The number of hydrogen-bond donors (Lipinski definition) is 1. The summed E-state index contributed by atoms with van der Waals surface area (Å²) in [5.41, 5.74) is 2.34. The molecule has 2 heterocycles. The Balaban J connectivity index is 1.71. The number of aromatic nitrogens is 1. The summed E-state index contributed by atoms with van der Waals surface area (Å²) in [4.78, 5) is 31.2. The molecule has 7 nitrogen and oxygen atoms in total. The summed E-state index contributed by atoms with van der Waals surface area (Å²) >= 11 is 0. The first kappa shape index (κ1) is 16.5. The smallest absolute Gasteiger partial charge is 0.257 e. The first-order chi connectivity index (χ1) is 12.2. The summed E-state index contributed by atoms with van der Waals surface area (Å²) in [6.45, 7) is 2.72. The minimum atomic E-state index is -0.282. The van der Waals surface area contributed by atoms with Gasteiger partial charge in [0.05, 0.1) is 29.1 Å². The van der Waals surface area contributed by atoms with E-state index in [-0.39, 0.29) is 5.91 Å². The summed E-state index contributed by atoms with van der Waals surface area (Å²) in [6, 6.07) is 10.6. The van der Waals surface area contributed by atoms with Gasteiger partial charge in [0.1, 0.15) is 0 Å². The Morgan fingerprint density at radius 1 is 1.20 bits per heavy atom. The normalized spacial score (nSPS) is 13.9. The molecule has 1 aliphatic heterocycles. The Morgan fingerprint density at radius 2 is 2.00 bits per heavy atom. The molecule has 126 valence electrons. The van der Waals surface area contributed by atoms with E-state index in [2.05, 4.69) is 15.2 Å². The molecular formula is C18H17N5O2. The van der Waals surface area contributed by atoms with Crippen molar-refractivity contribution in [3.63, 3.8) is 0 Å². The van der Waals surface area contributed by atoms with Crippen LogP contribution in [0.4, 0.5) is 11.4 Å². The van der Waals surface area contributed by atoms with Gasteiger partial charge in [0.2, 0.25) is 6.41 Å². The van der Waals surface area contributed by atoms with E-state index in [4.69, 9.17) is 5.26 Å². The number of anilines is 2. The second-order valence-electron chi connectivity index (χ2n) is 5.71. The third-order valence-electron chi connectivity index (χ3n) is 4.06. The Kier molecular flexibility index (Phi) is 4.90. The fraction of sp³-hybridized carbons (Fsp3) is 0.222. The van der Waals surface area contributed by atoms with Crippen LogP contribution in [0.5, 0.6) is 0 Å². The van der Waals surface area contributed by atoms with Crippen LogP contribution in [-0.2, 0) is 4.79 Å². The number of amides is 2. The lowest BCUT2D eigenvalue weighted by molar-refractivity contribution is -0.118. The molecule has 0 unspecified atom stereocenters. The topological polar surface area (TPSA) is 89.3 Å². The van der Waals surface area contributed by atoms with Crippen molar-refractivity contribution in [2.24, 2.45) is 0 Å². The van der Waals surface area contributed by atoms with E-state index in [9.17, 15) is 9.59 Å². The molecule has 3 rings (SSSR count). The highest BCUT2D eigenvalue weighted by atomic mass is 16.1. The molecule has 7 heteroatoms. The predicted octanol–water partition coefficient (Wildman–Crippen LogP) is 1.48. The van der Waals surface area contributed by atoms with Gasteiger partial charge in [-0.25, -0.2) is 0 Å². The van der Waals surface area contributed by atoms with Gasteiger partial charge in [0.25, 0.3) is 5.91 Å². The quantitative estimate of drug-likeness (QED) is 0.855. The monoisotopic (exact) mass is 335 g/mol. The van der Waals surface area contributed by atoms with Crippen molar-refractivity contribution in [1.29, 1.82) is 5.26 Å². The standard InChI is InChI=1S/C18H17N5O2/c19-10-14-2-1-3-16(8-14)21-18(25)15-9-17(12-20-11-15)23-6-4-22(13-24)5-7-23/h1-3,8-9,11-13H,4-7H2,(H,21,25). The number of piperazine rings is 1. The van der Waals surface area contributed by atoms with Gasteiger partial charge in [-0.2, -0.15) is 5.26 Å². The van der Waals surface area contributed by atoms with Crippen LogP contribution in [0.3, 0.4) is 0 Å². The van der Waals surface area contributed by atoms with Crippen molar-refractivity contribution < 1.29 is 9.59 Å². The highest BCUT2D eigenvalue weighted by Gasteiger charge is 2.17. The van der Waals surface area contributed by atoms with Gasteiger partial charge in [0.15, 0.2) is 0 Å². The molecular weight excluding hydrogens is 318 g/mol. The lowest BCUT2D eigenvalue weighted by atomic mass is 10.2. The molecule has 2 aromatic rings.